The number of para-hydroxylation sites is 1. The summed E-state index contributed by atoms with van der Waals surface area (Å²) in [6.07, 6.45) is 4.23. The van der Waals surface area contributed by atoms with Crippen LogP contribution in [0.15, 0.2) is 66.8 Å². The molecule has 1 saturated heterocycles. The van der Waals surface area contributed by atoms with Crippen LogP contribution in [-0.2, 0) is 9.59 Å². The molecule has 1 N–H and O–H groups in total. The smallest absolute Gasteiger partial charge is 0.241 e. The number of rotatable bonds is 4. The first kappa shape index (κ1) is 20.7. The number of aromatic hydroxyl groups is 1. The molecule has 1 aliphatic carbocycles. The van der Waals surface area contributed by atoms with Crippen LogP contribution in [0.5, 0.6) is 11.5 Å². The Balaban J connectivity index is 1.90. The molecule has 5 nitrogen and oxygen atoms in total. The maximum atomic E-state index is 13.8. The molecular weight excluding hydrogens is 493 g/mol. The highest BCUT2D eigenvalue weighted by Crippen LogP contribution is 2.57. The van der Waals surface area contributed by atoms with Crippen molar-refractivity contribution in [3.05, 3.63) is 75.9 Å². The van der Waals surface area contributed by atoms with Gasteiger partial charge in [-0.15, -0.1) is 0 Å². The fraction of sp³-hybridized carbons (Fsp3) is 0.250. The molecule has 4 rings (SSSR count). The fourth-order valence-corrected chi connectivity index (χ4v) is 5.39. The van der Waals surface area contributed by atoms with Crippen LogP contribution in [0.4, 0.5) is 5.69 Å². The van der Waals surface area contributed by atoms with Crippen LogP contribution in [0.1, 0.15) is 24.8 Å². The Kier molecular flexibility index (Phi) is 5.22. The van der Waals surface area contributed by atoms with Crippen LogP contribution in [0, 0.1) is 14.9 Å². The number of ether oxygens (including phenoxy) is 1. The Bertz CT molecular complexity index is 1080. The number of fused-ring (bicyclic) bond motifs is 1. The van der Waals surface area contributed by atoms with Crippen molar-refractivity contribution < 1.29 is 19.4 Å². The second-order valence-corrected chi connectivity index (χ2v) is 8.94. The summed E-state index contributed by atoms with van der Waals surface area (Å²) >= 11 is 2.04. The van der Waals surface area contributed by atoms with Crippen LogP contribution in [0.25, 0.3) is 0 Å². The van der Waals surface area contributed by atoms with Crippen molar-refractivity contribution in [2.45, 2.75) is 19.3 Å². The number of phenols is 1. The molecule has 6 heteroatoms. The molecule has 2 amide bonds. The van der Waals surface area contributed by atoms with Crippen LogP contribution >= 0.6 is 22.6 Å². The Morgan fingerprint density at radius 2 is 1.97 bits per heavy atom. The van der Waals surface area contributed by atoms with Gasteiger partial charge in [0, 0.05) is 5.92 Å². The zero-order valence-electron chi connectivity index (χ0n) is 16.8. The zero-order valence-corrected chi connectivity index (χ0v) is 18.9. The van der Waals surface area contributed by atoms with Crippen molar-refractivity contribution in [3.8, 4) is 11.5 Å². The van der Waals surface area contributed by atoms with Crippen molar-refractivity contribution in [2.24, 2.45) is 11.3 Å². The van der Waals surface area contributed by atoms with Crippen molar-refractivity contribution >= 4 is 40.1 Å². The lowest BCUT2D eigenvalue weighted by molar-refractivity contribution is -0.127. The van der Waals surface area contributed by atoms with E-state index in [1.54, 1.807) is 24.3 Å². The van der Waals surface area contributed by atoms with Crippen molar-refractivity contribution in [2.75, 3.05) is 12.0 Å². The zero-order chi connectivity index (χ0) is 21.6. The van der Waals surface area contributed by atoms with E-state index in [9.17, 15) is 14.7 Å². The van der Waals surface area contributed by atoms with Gasteiger partial charge in [0.05, 0.1) is 27.7 Å². The summed E-state index contributed by atoms with van der Waals surface area (Å²) in [4.78, 5) is 28.5. The molecule has 2 aromatic carbocycles. The quantitative estimate of drug-likeness (QED) is 0.470. The third-order valence-electron chi connectivity index (χ3n) is 6.28. The minimum Gasteiger partial charge on any atom is -0.504 e. The van der Waals surface area contributed by atoms with E-state index in [1.165, 1.54) is 12.0 Å². The lowest BCUT2D eigenvalue weighted by Crippen LogP contribution is -2.41. The number of allylic oxidation sites excluding steroid dienone is 3. The van der Waals surface area contributed by atoms with Gasteiger partial charge in [-0.3, -0.25) is 9.59 Å². The largest absolute Gasteiger partial charge is 0.504 e. The molecule has 0 unspecified atom stereocenters. The van der Waals surface area contributed by atoms with Crippen LogP contribution in [0.3, 0.4) is 0 Å². The monoisotopic (exact) mass is 515 g/mol. The lowest BCUT2D eigenvalue weighted by Gasteiger charge is -2.40. The molecule has 1 aliphatic heterocycles. The third-order valence-corrected chi connectivity index (χ3v) is 7.10. The molecule has 2 aromatic rings. The van der Waals surface area contributed by atoms with Gasteiger partial charge in [-0.25, -0.2) is 4.90 Å². The molecule has 2 aliphatic rings. The molecule has 1 fully saturated rings. The van der Waals surface area contributed by atoms with Crippen LogP contribution in [-0.4, -0.2) is 24.0 Å². The Hall–Kier alpha value is -2.61. The van der Waals surface area contributed by atoms with Gasteiger partial charge in [0.25, 0.3) is 0 Å². The first-order valence-electron chi connectivity index (χ1n) is 9.66. The molecule has 1 heterocycles. The fourth-order valence-electron chi connectivity index (χ4n) is 4.77. The van der Waals surface area contributed by atoms with Gasteiger partial charge in [-0.2, -0.15) is 0 Å². The predicted octanol–water partition coefficient (Wildman–Crippen LogP) is 4.80. The SMILES string of the molecule is C=CC1=CC[C@H]2C(=O)N(c3ccccc3)C(=O)[C@@]2(C)[C@H]1c1cc(I)c(O)c(OC)c1. The number of carbonyl (C=O) groups excluding carboxylic acids is 2. The summed E-state index contributed by atoms with van der Waals surface area (Å²) in [5, 5.41) is 10.3. The molecule has 0 aromatic heterocycles. The number of carbonyl (C=O) groups is 2. The van der Waals surface area contributed by atoms with E-state index in [0.717, 1.165) is 11.1 Å². The maximum absolute atomic E-state index is 13.8. The maximum Gasteiger partial charge on any atom is 0.241 e. The van der Waals surface area contributed by atoms with E-state index in [2.05, 4.69) is 6.58 Å². The summed E-state index contributed by atoms with van der Waals surface area (Å²) in [5.41, 5.74) is 1.31. The Labute approximate surface area is 189 Å². The Morgan fingerprint density at radius 1 is 1.27 bits per heavy atom. The number of nitrogens with zero attached hydrogens (tertiary/aromatic N) is 1. The highest BCUT2D eigenvalue weighted by atomic mass is 127. The number of methoxy groups -OCH3 is 1. The van der Waals surface area contributed by atoms with Crippen LogP contribution in [0.2, 0.25) is 0 Å². The van der Waals surface area contributed by atoms with Gasteiger partial charge in [0.2, 0.25) is 11.8 Å². The van der Waals surface area contributed by atoms with Gasteiger partial charge in [-0.1, -0.05) is 36.9 Å². The predicted molar refractivity (Wildman–Crippen MR) is 124 cm³/mol. The van der Waals surface area contributed by atoms with Gasteiger partial charge in [0.15, 0.2) is 11.5 Å². The van der Waals surface area contributed by atoms with Crippen molar-refractivity contribution in [1.29, 1.82) is 0 Å². The molecule has 0 bridgehead atoms. The number of amides is 2. The number of hydrogen-bond acceptors (Lipinski definition) is 4. The summed E-state index contributed by atoms with van der Waals surface area (Å²) in [5.74, 6) is -0.869. The summed E-state index contributed by atoms with van der Waals surface area (Å²) in [6.45, 7) is 5.82. The minimum absolute atomic E-state index is 0.0585. The first-order valence-corrected chi connectivity index (χ1v) is 10.7. The number of imide groups is 1. The van der Waals surface area contributed by atoms with Crippen molar-refractivity contribution in [1.82, 2.24) is 0 Å². The summed E-state index contributed by atoms with van der Waals surface area (Å²) < 4.78 is 5.96. The molecular formula is C24H22INO4. The van der Waals surface area contributed by atoms with Gasteiger partial charge >= 0.3 is 0 Å². The van der Waals surface area contributed by atoms with E-state index >= 15 is 0 Å². The van der Waals surface area contributed by atoms with E-state index < -0.39 is 11.3 Å². The topological polar surface area (TPSA) is 66.8 Å². The van der Waals surface area contributed by atoms with E-state index in [0.29, 0.717) is 21.4 Å². The number of phenolic OH excluding ortho intramolecular Hbond substituents is 1. The number of benzene rings is 2. The standard InChI is InChI=1S/C24H22INO4/c1-4-14-10-11-17-22(28)26(16-8-6-5-7-9-16)23(29)24(17,2)20(14)15-12-18(25)21(27)19(13-15)30-3/h4-10,12-13,17,20,27H,1,11H2,2-3H3/t17-,20+,24+/m0/s1. The average Bonchev–Trinajstić information content (AvgIpc) is 2.95. The van der Waals surface area contributed by atoms with E-state index in [4.69, 9.17) is 4.74 Å². The number of anilines is 1. The van der Waals surface area contributed by atoms with Gasteiger partial charge in [-0.05, 0) is 71.3 Å². The molecule has 0 saturated carbocycles. The molecule has 0 spiro atoms. The lowest BCUT2D eigenvalue weighted by atomic mass is 9.60. The highest BCUT2D eigenvalue weighted by Gasteiger charge is 2.62. The molecule has 0 radical (unpaired) electrons. The first-order chi connectivity index (χ1) is 14.3. The Morgan fingerprint density at radius 3 is 2.60 bits per heavy atom. The highest BCUT2D eigenvalue weighted by molar-refractivity contribution is 14.1. The second kappa shape index (κ2) is 7.58. The van der Waals surface area contributed by atoms with E-state index in [-0.39, 0.29) is 23.5 Å². The molecule has 154 valence electrons. The van der Waals surface area contributed by atoms with Gasteiger partial charge in [0.1, 0.15) is 0 Å². The number of hydrogen-bond donors (Lipinski definition) is 1. The second-order valence-electron chi connectivity index (χ2n) is 7.78. The van der Waals surface area contributed by atoms with E-state index in [1.807, 2.05) is 59.9 Å². The summed E-state index contributed by atoms with van der Waals surface area (Å²) in [7, 11) is 1.49. The number of halogens is 1. The minimum atomic E-state index is -0.976. The van der Waals surface area contributed by atoms with Crippen molar-refractivity contribution in [3.63, 3.8) is 0 Å². The third kappa shape index (κ3) is 2.88. The average molecular weight is 515 g/mol. The molecule has 3 atom stereocenters. The van der Waals surface area contributed by atoms with Crippen LogP contribution < -0.4 is 9.64 Å². The molecule has 30 heavy (non-hydrogen) atoms. The van der Waals surface area contributed by atoms with Gasteiger partial charge < -0.3 is 9.84 Å². The normalized spacial score (nSPS) is 25.7. The summed E-state index contributed by atoms with van der Waals surface area (Å²) in [6, 6.07) is 12.6.